The molecule has 3 aromatic rings. The van der Waals surface area contributed by atoms with E-state index in [2.05, 4.69) is 10.1 Å². The average Bonchev–Trinajstić information content (AvgIpc) is 3.42. The van der Waals surface area contributed by atoms with E-state index in [4.69, 9.17) is 16.0 Å². The van der Waals surface area contributed by atoms with Crippen molar-refractivity contribution in [3.8, 4) is 0 Å². The largest absolute Gasteiger partial charge is 0.467 e. The molecule has 1 aliphatic heterocycles. The SMILES string of the molecule is Cc1csc(S[C@H](C)C(=O)N2N=C(c3ccc(Cl)cc3)C[C@@H]2c2ccco2)n1. The number of thioether (sulfide) groups is 1. The van der Waals surface area contributed by atoms with Gasteiger partial charge in [0.1, 0.15) is 11.8 Å². The van der Waals surface area contributed by atoms with E-state index in [-0.39, 0.29) is 17.2 Å². The smallest absolute Gasteiger partial charge is 0.256 e. The minimum Gasteiger partial charge on any atom is -0.467 e. The number of thiazole rings is 1. The highest BCUT2D eigenvalue weighted by molar-refractivity contribution is 8.02. The number of rotatable bonds is 5. The zero-order chi connectivity index (χ0) is 19.7. The second-order valence-corrected chi connectivity index (χ2v) is 9.37. The van der Waals surface area contributed by atoms with Gasteiger partial charge in [-0.05, 0) is 43.7 Å². The quantitative estimate of drug-likeness (QED) is 0.496. The second-order valence-electron chi connectivity index (χ2n) is 6.49. The maximum Gasteiger partial charge on any atom is 0.256 e. The van der Waals surface area contributed by atoms with Crippen LogP contribution in [0.1, 0.15) is 36.4 Å². The van der Waals surface area contributed by atoms with Crippen LogP contribution in [-0.4, -0.2) is 26.9 Å². The van der Waals surface area contributed by atoms with Crippen LogP contribution in [0, 0.1) is 6.92 Å². The predicted octanol–water partition coefficient (Wildman–Crippen LogP) is 5.56. The van der Waals surface area contributed by atoms with Crippen LogP contribution in [0.3, 0.4) is 0 Å². The van der Waals surface area contributed by atoms with Gasteiger partial charge in [0.25, 0.3) is 5.91 Å². The van der Waals surface area contributed by atoms with E-state index in [0.717, 1.165) is 27.1 Å². The number of aromatic nitrogens is 1. The van der Waals surface area contributed by atoms with Crippen molar-refractivity contribution >= 4 is 46.3 Å². The standard InChI is InChI=1S/C20H18ClN3O2S2/c1-12-11-27-20(22-12)28-13(2)19(25)24-17(18-4-3-9-26-18)10-16(23-24)14-5-7-15(21)8-6-14/h3-9,11,13,17H,10H2,1-2H3/t13-,17-/m1/s1. The molecule has 0 bridgehead atoms. The van der Waals surface area contributed by atoms with Crippen molar-refractivity contribution in [1.29, 1.82) is 0 Å². The fraction of sp³-hybridized carbons (Fsp3) is 0.250. The first-order valence-corrected chi connectivity index (χ1v) is 10.9. The first-order chi connectivity index (χ1) is 13.5. The molecule has 2 atom stereocenters. The lowest BCUT2D eigenvalue weighted by atomic mass is 10.0. The topological polar surface area (TPSA) is 58.7 Å². The third-order valence-electron chi connectivity index (χ3n) is 4.41. The summed E-state index contributed by atoms with van der Waals surface area (Å²) in [5.41, 5.74) is 2.76. The molecule has 4 rings (SSSR count). The van der Waals surface area contributed by atoms with Crippen molar-refractivity contribution in [3.63, 3.8) is 0 Å². The summed E-state index contributed by atoms with van der Waals surface area (Å²) in [5, 5.41) is 8.56. The highest BCUT2D eigenvalue weighted by Crippen LogP contribution is 2.36. The van der Waals surface area contributed by atoms with Gasteiger partial charge in [0.2, 0.25) is 0 Å². The van der Waals surface area contributed by atoms with E-state index in [1.807, 2.05) is 55.6 Å². The summed E-state index contributed by atoms with van der Waals surface area (Å²) in [6, 6.07) is 11.0. The number of furan rings is 1. The second kappa shape index (κ2) is 8.11. The minimum absolute atomic E-state index is 0.0665. The van der Waals surface area contributed by atoms with Crippen LogP contribution in [-0.2, 0) is 4.79 Å². The van der Waals surface area contributed by atoms with Crippen molar-refractivity contribution in [2.45, 2.75) is 35.9 Å². The summed E-state index contributed by atoms with van der Waals surface area (Å²) in [4.78, 5) is 17.6. The Morgan fingerprint density at radius 2 is 2.14 bits per heavy atom. The first kappa shape index (κ1) is 19.2. The first-order valence-electron chi connectivity index (χ1n) is 8.80. The Balaban J connectivity index is 1.60. The van der Waals surface area contributed by atoms with Crippen LogP contribution in [0.4, 0.5) is 0 Å². The molecular weight excluding hydrogens is 414 g/mol. The monoisotopic (exact) mass is 431 g/mol. The van der Waals surface area contributed by atoms with Crippen LogP contribution in [0.15, 0.2) is 61.9 Å². The fourth-order valence-electron chi connectivity index (χ4n) is 3.01. The Labute approximate surface area is 176 Å². The number of hydrogen-bond acceptors (Lipinski definition) is 6. The number of benzene rings is 1. The molecular formula is C20H18ClN3O2S2. The summed E-state index contributed by atoms with van der Waals surface area (Å²) in [6.45, 7) is 3.84. The Morgan fingerprint density at radius 3 is 2.79 bits per heavy atom. The zero-order valence-electron chi connectivity index (χ0n) is 15.3. The molecule has 0 N–H and O–H groups in total. The molecule has 0 radical (unpaired) electrons. The molecule has 5 nitrogen and oxygen atoms in total. The summed E-state index contributed by atoms with van der Waals surface area (Å²) in [6.07, 6.45) is 2.21. The summed E-state index contributed by atoms with van der Waals surface area (Å²) < 4.78 is 6.48. The molecule has 1 aromatic carbocycles. The Morgan fingerprint density at radius 1 is 1.36 bits per heavy atom. The molecule has 3 heterocycles. The van der Waals surface area contributed by atoms with Crippen LogP contribution in [0.5, 0.6) is 0 Å². The number of hydrazone groups is 1. The van der Waals surface area contributed by atoms with E-state index in [9.17, 15) is 4.79 Å². The van der Waals surface area contributed by atoms with Crippen LogP contribution >= 0.6 is 34.7 Å². The highest BCUT2D eigenvalue weighted by atomic mass is 35.5. The molecule has 1 aliphatic rings. The molecule has 8 heteroatoms. The van der Waals surface area contributed by atoms with E-state index in [1.54, 1.807) is 22.6 Å². The summed E-state index contributed by atoms with van der Waals surface area (Å²) >= 11 is 9.01. The molecule has 0 fully saturated rings. The molecule has 0 unspecified atom stereocenters. The van der Waals surface area contributed by atoms with Gasteiger partial charge >= 0.3 is 0 Å². The van der Waals surface area contributed by atoms with Gasteiger partial charge in [-0.3, -0.25) is 4.79 Å². The number of carbonyl (C=O) groups excluding carboxylic acids is 1. The van der Waals surface area contributed by atoms with Crippen LogP contribution in [0.25, 0.3) is 0 Å². The Kier molecular flexibility index (Phi) is 5.57. The van der Waals surface area contributed by atoms with Crippen LogP contribution in [0.2, 0.25) is 5.02 Å². The number of amides is 1. The molecule has 0 saturated heterocycles. The zero-order valence-corrected chi connectivity index (χ0v) is 17.7. The van der Waals surface area contributed by atoms with Crippen molar-refractivity contribution in [1.82, 2.24) is 9.99 Å². The summed E-state index contributed by atoms with van der Waals surface area (Å²) in [5.74, 6) is 0.659. The van der Waals surface area contributed by atoms with Gasteiger partial charge in [-0.1, -0.05) is 35.5 Å². The molecule has 144 valence electrons. The molecule has 0 saturated carbocycles. The van der Waals surface area contributed by atoms with E-state index in [1.165, 1.54) is 11.8 Å². The third kappa shape index (κ3) is 4.01. The lowest BCUT2D eigenvalue weighted by Crippen LogP contribution is -2.33. The molecule has 0 aliphatic carbocycles. The van der Waals surface area contributed by atoms with Gasteiger partial charge in [0.05, 0.1) is 17.2 Å². The van der Waals surface area contributed by atoms with Gasteiger partial charge < -0.3 is 4.42 Å². The van der Waals surface area contributed by atoms with Gasteiger partial charge in [-0.25, -0.2) is 9.99 Å². The van der Waals surface area contributed by atoms with Gasteiger partial charge in [-0.2, -0.15) is 5.10 Å². The maximum absolute atomic E-state index is 13.2. The Hall–Kier alpha value is -2.09. The van der Waals surface area contributed by atoms with Crippen molar-refractivity contribution in [2.24, 2.45) is 5.10 Å². The van der Waals surface area contributed by atoms with Crippen molar-refractivity contribution in [2.75, 3.05) is 0 Å². The molecule has 28 heavy (non-hydrogen) atoms. The maximum atomic E-state index is 13.2. The lowest BCUT2D eigenvalue weighted by Gasteiger charge is -2.22. The number of aryl methyl sites for hydroxylation is 1. The molecule has 2 aromatic heterocycles. The fourth-order valence-corrected chi connectivity index (χ4v) is 5.16. The number of hydrogen-bond donors (Lipinski definition) is 0. The van der Waals surface area contributed by atoms with Gasteiger partial charge in [-0.15, -0.1) is 11.3 Å². The Bertz CT molecular complexity index is 999. The average molecular weight is 432 g/mol. The normalized spacial score (nSPS) is 17.6. The highest BCUT2D eigenvalue weighted by Gasteiger charge is 2.37. The number of nitrogens with zero attached hydrogens (tertiary/aromatic N) is 3. The molecule has 1 amide bonds. The number of halogens is 1. The van der Waals surface area contributed by atoms with Crippen LogP contribution < -0.4 is 0 Å². The van der Waals surface area contributed by atoms with Gasteiger partial charge in [0.15, 0.2) is 4.34 Å². The third-order valence-corrected chi connectivity index (χ3v) is 6.84. The molecule has 0 spiro atoms. The minimum atomic E-state index is -0.309. The van der Waals surface area contributed by atoms with Gasteiger partial charge in [0, 0.05) is 22.5 Å². The lowest BCUT2D eigenvalue weighted by molar-refractivity contribution is -0.132. The van der Waals surface area contributed by atoms with Crippen molar-refractivity contribution < 1.29 is 9.21 Å². The van der Waals surface area contributed by atoms with Crippen molar-refractivity contribution in [3.05, 3.63) is 70.1 Å². The van der Waals surface area contributed by atoms with E-state index in [0.29, 0.717) is 11.4 Å². The number of carbonyl (C=O) groups is 1. The van der Waals surface area contributed by atoms with E-state index < -0.39 is 0 Å². The van der Waals surface area contributed by atoms with E-state index >= 15 is 0 Å². The summed E-state index contributed by atoms with van der Waals surface area (Å²) in [7, 11) is 0. The predicted molar refractivity (Wildman–Crippen MR) is 113 cm³/mol.